The smallest absolute Gasteiger partial charge is 0.135 e. The third-order valence-corrected chi connectivity index (χ3v) is 8.35. The lowest BCUT2D eigenvalue weighted by Crippen LogP contribution is -2.10. The molecule has 0 aliphatic heterocycles. The molecule has 3 heteroatoms. The van der Waals surface area contributed by atoms with Gasteiger partial charge >= 0.3 is 0 Å². The lowest BCUT2D eigenvalue weighted by molar-refractivity contribution is 0.669. The van der Waals surface area contributed by atoms with Gasteiger partial charge in [-0.1, -0.05) is 78.9 Å². The summed E-state index contributed by atoms with van der Waals surface area (Å²) < 4.78 is 8.76. The molecule has 0 N–H and O–H groups in total. The van der Waals surface area contributed by atoms with Gasteiger partial charge < -0.3 is 9.32 Å². The summed E-state index contributed by atoms with van der Waals surface area (Å²) in [5.74, 6) is 0. The second kappa shape index (κ2) is 7.95. The number of furan rings is 1. The molecule has 0 atom stereocenters. The quantitative estimate of drug-likeness (QED) is 0.244. The van der Waals surface area contributed by atoms with Gasteiger partial charge in [-0.15, -0.1) is 11.3 Å². The third kappa shape index (κ3) is 3.11. The van der Waals surface area contributed by atoms with Gasteiger partial charge in [-0.05, 0) is 53.9 Å². The van der Waals surface area contributed by atoms with Gasteiger partial charge in [0.1, 0.15) is 11.2 Å². The summed E-state index contributed by atoms with van der Waals surface area (Å²) in [7, 11) is 0. The highest BCUT2D eigenvalue weighted by atomic mass is 32.1. The van der Waals surface area contributed by atoms with Gasteiger partial charge in [-0.2, -0.15) is 0 Å². The molecule has 2 nitrogen and oxygen atoms in total. The zero-order valence-corrected chi connectivity index (χ0v) is 20.7. The molecule has 8 rings (SSSR count). The molecule has 0 saturated carbocycles. The standard InChI is InChI=1S/C34H21NOS/c1-2-10-22(11-3-1)35(23-18-19-31-28(20-23)25-13-6-8-16-30(25)36-31)29-21-33-34(26-14-5-4-12-24(26)29)27-15-7-9-17-32(27)37-33/h1-21H. The fourth-order valence-electron chi connectivity index (χ4n) is 5.61. The molecule has 0 saturated heterocycles. The molecule has 0 spiro atoms. The number of fused-ring (bicyclic) bond motifs is 8. The van der Waals surface area contributed by atoms with E-state index in [1.54, 1.807) is 0 Å². The molecular weight excluding hydrogens is 470 g/mol. The number of anilines is 3. The summed E-state index contributed by atoms with van der Waals surface area (Å²) in [5.41, 5.74) is 5.23. The summed E-state index contributed by atoms with van der Waals surface area (Å²) >= 11 is 1.86. The highest BCUT2D eigenvalue weighted by molar-refractivity contribution is 7.26. The topological polar surface area (TPSA) is 16.4 Å². The van der Waals surface area contributed by atoms with Gasteiger partial charge in [0.25, 0.3) is 0 Å². The maximum atomic E-state index is 6.14. The molecule has 2 heterocycles. The van der Waals surface area contributed by atoms with Gasteiger partial charge in [0.15, 0.2) is 0 Å². The molecule has 0 fully saturated rings. The van der Waals surface area contributed by atoms with Crippen molar-refractivity contribution in [3.05, 3.63) is 127 Å². The lowest BCUT2D eigenvalue weighted by Gasteiger charge is -2.27. The normalized spacial score (nSPS) is 11.8. The Morgan fingerprint density at radius 3 is 2.00 bits per heavy atom. The molecule has 0 radical (unpaired) electrons. The predicted octanol–water partition coefficient (Wildman–Crippen LogP) is 10.6. The molecule has 0 amide bonds. The average molecular weight is 492 g/mol. The fourth-order valence-corrected chi connectivity index (χ4v) is 6.77. The molecule has 2 aromatic heterocycles. The summed E-state index contributed by atoms with van der Waals surface area (Å²) in [6, 6.07) is 45.3. The SMILES string of the molecule is c1ccc(N(c2ccc3oc4ccccc4c3c2)c2cc3sc4ccccc4c3c3ccccc23)cc1. The van der Waals surface area contributed by atoms with Crippen LogP contribution in [0.15, 0.2) is 132 Å². The average Bonchev–Trinajstić information content (AvgIpc) is 3.52. The van der Waals surface area contributed by atoms with E-state index in [4.69, 9.17) is 4.42 Å². The molecule has 6 aromatic carbocycles. The number of nitrogens with zero attached hydrogens (tertiary/aromatic N) is 1. The van der Waals surface area contributed by atoms with E-state index in [1.165, 1.54) is 36.6 Å². The van der Waals surface area contributed by atoms with Crippen LogP contribution in [-0.2, 0) is 0 Å². The van der Waals surface area contributed by atoms with Crippen LogP contribution in [-0.4, -0.2) is 0 Å². The van der Waals surface area contributed by atoms with Crippen LogP contribution in [0.1, 0.15) is 0 Å². The summed E-state index contributed by atoms with van der Waals surface area (Å²) in [6.45, 7) is 0. The van der Waals surface area contributed by atoms with E-state index >= 15 is 0 Å². The van der Waals surface area contributed by atoms with E-state index in [-0.39, 0.29) is 0 Å². The number of hydrogen-bond donors (Lipinski definition) is 0. The van der Waals surface area contributed by atoms with Crippen LogP contribution >= 0.6 is 11.3 Å². The number of para-hydroxylation sites is 2. The Kier molecular flexibility index (Phi) is 4.42. The maximum absolute atomic E-state index is 6.14. The highest BCUT2D eigenvalue weighted by Gasteiger charge is 2.20. The fraction of sp³-hybridized carbons (Fsp3) is 0. The van der Waals surface area contributed by atoms with Crippen molar-refractivity contribution < 1.29 is 4.42 Å². The Balaban J connectivity index is 1.47. The van der Waals surface area contributed by atoms with Crippen molar-refractivity contribution >= 4 is 81.3 Å². The van der Waals surface area contributed by atoms with Crippen molar-refractivity contribution in [2.75, 3.05) is 4.90 Å². The Labute approximate surface area is 217 Å². The van der Waals surface area contributed by atoms with Crippen molar-refractivity contribution in [3.8, 4) is 0 Å². The molecule has 0 aliphatic carbocycles. The Bertz CT molecular complexity index is 2100. The van der Waals surface area contributed by atoms with Gasteiger partial charge in [0.2, 0.25) is 0 Å². The molecule has 8 aromatic rings. The van der Waals surface area contributed by atoms with E-state index in [2.05, 4.69) is 120 Å². The van der Waals surface area contributed by atoms with Crippen LogP contribution < -0.4 is 4.90 Å². The number of rotatable bonds is 3. The summed E-state index contributed by atoms with van der Waals surface area (Å²) in [4.78, 5) is 2.38. The Hall–Kier alpha value is -4.60. The second-order valence-electron chi connectivity index (χ2n) is 9.36. The van der Waals surface area contributed by atoms with Crippen molar-refractivity contribution in [2.45, 2.75) is 0 Å². The Morgan fingerprint density at radius 2 is 1.14 bits per heavy atom. The van der Waals surface area contributed by atoms with Crippen molar-refractivity contribution in [1.82, 2.24) is 0 Å². The number of benzene rings is 6. The molecular formula is C34H21NOS. The molecule has 37 heavy (non-hydrogen) atoms. The second-order valence-corrected chi connectivity index (χ2v) is 10.4. The lowest BCUT2D eigenvalue weighted by atomic mass is 10.0. The number of thiophene rings is 1. The largest absolute Gasteiger partial charge is 0.456 e. The van der Waals surface area contributed by atoms with E-state index in [1.807, 2.05) is 23.5 Å². The van der Waals surface area contributed by atoms with Crippen LogP contribution in [0.4, 0.5) is 17.1 Å². The molecule has 174 valence electrons. The van der Waals surface area contributed by atoms with Crippen LogP contribution in [0.5, 0.6) is 0 Å². The zero-order chi connectivity index (χ0) is 24.3. The number of hydrogen-bond acceptors (Lipinski definition) is 3. The van der Waals surface area contributed by atoms with Gasteiger partial charge in [0.05, 0.1) is 5.69 Å². The van der Waals surface area contributed by atoms with E-state index < -0.39 is 0 Å². The zero-order valence-electron chi connectivity index (χ0n) is 19.9. The minimum absolute atomic E-state index is 0.905. The first-order valence-corrected chi connectivity index (χ1v) is 13.3. The monoisotopic (exact) mass is 491 g/mol. The first-order valence-electron chi connectivity index (χ1n) is 12.4. The molecule has 0 aliphatic rings. The van der Waals surface area contributed by atoms with Crippen LogP contribution in [0.2, 0.25) is 0 Å². The van der Waals surface area contributed by atoms with E-state index in [0.717, 1.165) is 33.3 Å². The summed E-state index contributed by atoms with van der Waals surface area (Å²) in [5, 5.41) is 7.44. The van der Waals surface area contributed by atoms with Gasteiger partial charge in [0, 0.05) is 47.7 Å². The van der Waals surface area contributed by atoms with Crippen molar-refractivity contribution in [1.29, 1.82) is 0 Å². The van der Waals surface area contributed by atoms with Crippen molar-refractivity contribution in [3.63, 3.8) is 0 Å². The maximum Gasteiger partial charge on any atom is 0.135 e. The van der Waals surface area contributed by atoms with Gasteiger partial charge in [-0.25, -0.2) is 0 Å². The first-order chi connectivity index (χ1) is 18.3. The van der Waals surface area contributed by atoms with E-state index in [0.29, 0.717) is 0 Å². The molecule has 0 unspecified atom stereocenters. The minimum atomic E-state index is 0.905. The third-order valence-electron chi connectivity index (χ3n) is 7.24. The molecule has 0 bridgehead atoms. The van der Waals surface area contributed by atoms with Gasteiger partial charge in [-0.3, -0.25) is 0 Å². The van der Waals surface area contributed by atoms with Crippen molar-refractivity contribution in [2.24, 2.45) is 0 Å². The highest BCUT2D eigenvalue weighted by Crippen LogP contribution is 2.46. The van der Waals surface area contributed by atoms with E-state index in [9.17, 15) is 0 Å². The Morgan fingerprint density at radius 1 is 0.459 bits per heavy atom. The minimum Gasteiger partial charge on any atom is -0.456 e. The first kappa shape index (κ1) is 20.6. The summed E-state index contributed by atoms with van der Waals surface area (Å²) in [6.07, 6.45) is 0. The van der Waals surface area contributed by atoms with Crippen LogP contribution in [0.25, 0.3) is 52.9 Å². The van der Waals surface area contributed by atoms with Crippen LogP contribution in [0, 0.1) is 0 Å². The predicted molar refractivity (Wildman–Crippen MR) is 159 cm³/mol. The van der Waals surface area contributed by atoms with Crippen LogP contribution in [0.3, 0.4) is 0 Å².